The molecule has 1 N–H and O–H groups in total. The van der Waals surface area contributed by atoms with Crippen LogP contribution < -0.4 is 10.1 Å². The normalized spacial score (nSPS) is 10.4. The molecule has 1 rings (SSSR count). The van der Waals surface area contributed by atoms with Gasteiger partial charge in [-0.2, -0.15) is 5.26 Å². The lowest BCUT2D eigenvalue weighted by Gasteiger charge is -2.10. The zero-order chi connectivity index (χ0) is 13.9. The molecule has 1 aromatic carbocycles. The molecule has 0 radical (unpaired) electrons. The van der Waals surface area contributed by atoms with Gasteiger partial charge in [-0.25, -0.2) is 0 Å². The Kier molecular flexibility index (Phi) is 7.69. The number of rotatable bonds is 9. The topological polar surface area (TPSA) is 45.0 Å². The van der Waals surface area contributed by atoms with Gasteiger partial charge in [0, 0.05) is 13.0 Å². The van der Waals surface area contributed by atoms with Crippen molar-refractivity contribution in [1.82, 2.24) is 5.32 Å². The Hall–Kier alpha value is -1.53. The summed E-state index contributed by atoms with van der Waals surface area (Å²) in [4.78, 5) is 0. The van der Waals surface area contributed by atoms with Crippen LogP contribution in [0.4, 0.5) is 0 Å². The average Bonchev–Trinajstić information content (AvgIpc) is 2.39. The van der Waals surface area contributed by atoms with Crippen molar-refractivity contribution in [2.75, 3.05) is 13.2 Å². The average molecular weight is 260 g/mol. The summed E-state index contributed by atoms with van der Waals surface area (Å²) >= 11 is 0. The van der Waals surface area contributed by atoms with E-state index in [1.807, 2.05) is 12.1 Å². The molecule has 0 unspecified atom stereocenters. The number of hydrogen-bond donors (Lipinski definition) is 1. The highest BCUT2D eigenvalue weighted by molar-refractivity contribution is 5.28. The van der Waals surface area contributed by atoms with Crippen LogP contribution in [0.5, 0.6) is 5.75 Å². The molecule has 1 aromatic rings. The monoisotopic (exact) mass is 260 g/mol. The number of unbranched alkanes of at least 4 members (excludes halogenated alkanes) is 2. The molecule has 0 saturated heterocycles. The van der Waals surface area contributed by atoms with E-state index < -0.39 is 0 Å². The van der Waals surface area contributed by atoms with Crippen molar-refractivity contribution in [1.29, 1.82) is 5.26 Å². The fourth-order valence-electron chi connectivity index (χ4n) is 1.75. The number of nitrogens with zero attached hydrogens (tertiary/aromatic N) is 1. The molecule has 0 aliphatic carbocycles. The molecular weight excluding hydrogens is 236 g/mol. The largest absolute Gasteiger partial charge is 0.494 e. The number of nitriles is 1. The van der Waals surface area contributed by atoms with Gasteiger partial charge in [0.05, 0.1) is 12.7 Å². The summed E-state index contributed by atoms with van der Waals surface area (Å²) in [6, 6.07) is 10.3. The number of nitrogens with one attached hydrogen (secondary N) is 1. The van der Waals surface area contributed by atoms with Gasteiger partial charge in [-0.15, -0.1) is 0 Å². The summed E-state index contributed by atoms with van der Waals surface area (Å²) in [5, 5.41) is 11.9. The highest BCUT2D eigenvalue weighted by Gasteiger charge is 1.98. The second-order valence-electron chi connectivity index (χ2n) is 5.14. The molecule has 0 atom stereocenters. The Morgan fingerprint density at radius 2 is 2.16 bits per heavy atom. The maximum absolute atomic E-state index is 8.44. The first kappa shape index (κ1) is 15.5. The molecule has 0 aliphatic heterocycles. The molecule has 3 nitrogen and oxygen atoms in total. The lowest BCUT2D eigenvalue weighted by Crippen LogP contribution is -2.18. The molecule has 0 saturated carbocycles. The van der Waals surface area contributed by atoms with E-state index >= 15 is 0 Å². The zero-order valence-corrected chi connectivity index (χ0v) is 12.0. The van der Waals surface area contributed by atoms with Crippen molar-refractivity contribution < 1.29 is 4.74 Å². The summed E-state index contributed by atoms with van der Waals surface area (Å²) in [6.07, 6.45) is 2.46. The number of ether oxygens (including phenoxy) is 1. The summed E-state index contributed by atoms with van der Waals surface area (Å²) < 4.78 is 5.68. The lowest BCUT2D eigenvalue weighted by molar-refractivity contribution is 0.307. The van der Waals surface area contributed by atoms with Crippen LogP contribution in [-0.2, 0) is 6.54 Å². The Bertz CT molecular complexity index is 396. The zero-order valence-electron chi connectivity index (χ0n) is 12.0. The first-order valence-electron chi connectivity index (χ1n) is 7.01. The van der Waals surface area contributed by atoms with Gasteiger partial charge >= 0.3 is 0 Å². The number of benzene rings is 1. The van der Waals surface area contributed by atoms with Crippen molar-refractivity contribution in [2.45, 2.75) is 39.7 Å². The summed E-state index contributed by atoms with van der Waals surface area (Å²) in [5.41, 5.74) is 1.25. The predicted octanol–water partition coefficient (Wildman–Crippen LogP) is 3.50. The molecule has 0 fully saturated rings. The third-order valence-electron chi connectivity index (χ3n) is 2.73. The van der Waals surface area contributed by atoms with Crippen LogP contribution in [0.1, 0.15) is 38.7 Å². The van der Waals surface area contributed by atoms with Gasteiger partial charge in [0.1, 0.15) is 5.75 Å². The van der Waals surface area contributed by atoms with E-state index in [-0.39, 0.29) is 0 Å². The Labute approximate surface area is 116 Å². The Morgan fingerprint density at radius 1 is 1.32 bits per heavy atom. The summed E-state index contributed by atoms with van der Waals surface area (Å²) in [7, 11) is 0. The van der Waals surface area contributed by atoms with Gasteiger partial charge in [0.25, 0.3) is 0 Å². The van der Waals surface area contributed by atoms with Crippen LogP contribution in [0.3, 0.4) is 0 Å². The van der Waals surface area contributed by atoms with E-state index in [2.05, 4.69) is 37.4 Å². The third-order valence-corrected chi connectivity index (χ3v) is 2.73. The van der Waals surface area contributed by atoms with E-state index in [0.717, 1.165) is 31.7 Å². The van der Waals surface area contributed by atoms with Gasteiger partial charge < -0.3 is 10.1 Å². The van der Waals surface area contributed by atoms with E-state index in [1.54, 1.807) is 0 Å². The highest BCUT2D eigenvalue weighted by atomic mass is 16.5. The predicted molar refractivity (Wildman–Crippen MR) is 77.9 cm³/mol. The van der Waals surface area contributed by atoms with Crippen molar-refractivity contribution in [3.63, 3.8) is 0 Å². The Balaban J connectivity index is 2.29. The second-order valence-corrected chi connectivity index (χ2v) is 5.14. The first-order chi connectivity index (χ1) is 9.22. The SMILES string of the molecule is CC(C)CNCc1cccc(OCCCCC#N)c1. The first-order valence-corrected chi connectivity index (χ1v) is 7.01. The molecule has 0 bridgehead atoms. The number of hydrogen-bond acceptors (Lipinski definition) is 3. The minimum Gasteiger partial charge on any atom is -0.494 e. The van der Waals surface area contributed by atoms with Gasteiger partial charge in [0.15, 0.2) is 0 Å². The van der Waals surface area contributed by atoms with Crippen LogP contribution in [-0.4, -0.2) is 13.2 Å². The van der Waals surface area contributed by atoms with Crippen LogP contribution >= 0.6 is 0 Å². The van der Waals surface area contributed by atoms with Crippen LogP contribution in [0.25, 0.3) is 0 Å². The lowest BCUT2D eigenvalue weighted by atomic mass is 10.2. The molecule has 0 spiro atoms. The van der Waals surface area contributed by atoms with Gasteiger partial charge in [0.2, 0.25) is 0 Å². The molecule has 0 aliphatic rings. The highest BCUT2D eigenvalue weighted by Crippen LogP contribution is 2.14. The molecule has 0 aromatic heterocycles. The molecule has 104 valence electrons. The van der Waals surface area contributed by atoms with E-state index in [0.29, 0.717) is 18.9 Å². The fraction of sp³-hybridized carbons (Fsp3) is 0.562. The van der Waals surface area contributed by atoms with Crippen molar-refractivity contribution in [3.05, 3.63) is 29.8 Å². The van der Waals surface area contributed by atoms with Crippen LogP contribution in [0, 0.1) is 17.2 Å². The van der Waals surface area contributed by atoms with Crippen molar-refractivity contribution in [2.24, 2.45) is 5.92 Å². The van der Waals surface area contributed by atoms with Crippen molar-refractivity contribution in [3.8, 4) is 11.8 Å². The summed E-state index contributed by atoms with van der Waals surface area (Å²) in [5.74, 6) is 1.58. The van der Waals surface area contributed by atoms with Gasteiger partial charge in [-0.1, -0.05) is 26.0 Å². The summed E-state index contributed by atoms with van der Waals surface area (Å²) in [6.45, 7) is 7.00. The Morgan fingerprint density at radius 3 is 2.89 bits per heavy atom. The van der Waals surface area contributed by atoms with E-state index in [9.17, 15) is 0 Å². The third kappa shape index (κ3) is 7.48. The molecule has 19 heavy (non-hydrogen) atoms. The molecule has 0 amide bonds. The second kappa shape index (κ2) is 9.41. The fourth-order valence-corrected chi connectivity index (χ4v) is 1.75. The molecule has 3 heteroatoms. The van der Waals surface area contributed by atoms with Crippen LogP contribution in [0.15, 0.2) is 24.3 Å². The van der Waals surface area contributed by atoms with Gasteiger partial charge in [-0.05, 0) is 43.0 Å². The van der Waals surface area contributed by atoms with Crippen molar-refractivity contribution >= 4 is 0 Å². The maximum atomic E-state index is 8.44. The standard InChI is InChI=1S/C16H24N2O/c1-14(2)12-18-13-15-7-6-8-16(11-15)19-10-5-3-4-9-17/h6-8,11,14,18H,3-5,10,12-13H2,1-2H3. The quantitative estimate of drug-likeness (QED) is 0.691. The maximum Gasteiger partial charge on any atom is 0.119 e. The minimum absolute atomic E-state index is 0.614. The minimum atomic E-state index is 0.614. The van der Waals surface area contributed by atoms with E-state index in [4.69, 9.17) is 10.00 Å². The molecular formula is C16H24N2O. The van der Waals surface area contributed by atoms with Crippen LogP contribution in [0.2, 0.25) is 0 Å². The van der Waals surface area contributed by atoms with Gasteiger partial charge in [-0.3, -0.25) is 0 Å². The van der Waals surface area contributed by atoms with E-state index in [1.165, 1.54) is 5.56 Å². The smallest absolute Gasteiger partial charge is 0.119 e. The molecule has 0 heterocycles.